The molecular formula is C25H36O6Si2. The Bertz CT molecular complexity index is 948. The molecule has 2 aromatic carbocycles. The van der Waals surface area contributed by atoms with Crippen molar-refractivity contribution in [1.29, 1.82) is 0 Å². The molecule has 180 valence electrons. The van der Waals surface area contributed by atoms with Gasteiger partial charge in [0, 0.05) is 11.1 Å². The van der Waals surface area contributed by atoms with Gasteiger partial charge in [-0.15, -0.1) is 0 Å². The third kappa shape index (κ3) is 8.79. The molecular weight excluding hydrogens is 452 g/mol. The number of hydrogen-bond donors (Lipinski definition) is 0. The van der Waals surface area contributed by atoms with Crippen LogP contribution in [0.1, 0.15) is 33.6 Å². The average molecular weight is 489 g/mol. The van der Waals surface area contributed by atoms with E-state index in [-0.39, 0.29) is 18.0 Å². The summed E-state index contributed by atoms with van der Waals surface area (Å²) in [6.45, 7) is 11.7. The third-order valence-corrected chi connectivity index (χ3v) is 11.2. The fourth-order valence-electron chi connectivity index (χ4n) is 3.65. The molecule has 0 amide bonds. The summed E-state index contributed by atoms with van der Waals surface area (Å²) in [5.41, 5.74) is 0.888. The molecule has 0 saturated heterocycles. The molecule has 2 aromatic rings. The van der Waals surface area contributed by atoms with Gasteiger partial charge in [0.15, 0.2) is 39.7 Å². The summed E-state index contributed by atoms with van der Waals surface area (Å²) in [5, 5.41) is 0. The average Bonchev–Trinajstić information content (AvgIpc) is 2.75. The highest BCUT2D eigenvalue weighted by molar-refractivity contribution is 6.84. The Morgan fingerprint density at radius 3 is 1.97 bits per heavy atom. The van der Waals surface area contributed by atoms with Crippen LogP contribution < -0.4 is 14.2 Å². The molecule has 6 nitrogen and oxygen atoms in total. The van der Waals surface area contributed by atoms with Gasteiger partial charge in [0.25, 0.3) is 0 Å². The van der Waals surface area contributed by atoms with Gasteiger partial charge >= 0.3 is 0 Å². The number of methoxy groups -OCH3 is 2. The van der Waals surface area contributed by atoms with Crippen LogP contribution in [-0.2, 0) is 4.12 Å². The number of Topliss-reactive ketones (excluding diaryl/α,β-unsaturated/α-hetero) is 2. The molecule has 0 atom stereocenters. The van der Waals surface area contributed by atoms with Crippen molar-refractivity contribution >= 4 is 28.2 Å². The molecule has 0 aliphatic carbocycles. The maximum absolute atomic E-state index is 12.7. The highest BCUT2D eigenvalue weighted by Gasteiger charge is 2.29. The van der Waals surface area contributed by atoms with E-state index in [0.29, 0.717) is 35.0 Å². The number of carbonyl (C=O) groups excluding carboxylic acids is 2. The Morgan fingerprint density at radius 2 is 1.39 bits per heavy atom. The van der Waals surface area contributed by atoms with Crippen molar-refractivity contribution in [3.05, 3.63) is 53.6 Å². The first-order valence-corrected chi connectivity index (χ1v) is 17.7. The van der Waals surface area contributed by atoms with Crippen LogP contribution in [0.3, 0.4) is 0 Å². The molecule has 0 aliphatic heterocycles. The second kappa shape index (κ2) is 11.6. The Labute approximate surface area is 199 Å². The normalized spacial score (nSPS) is 11.7. The van der Waals surface area contributed by atoms with Crippen molar-refractivity contribution in [1.82, 2.24) is 0 Å². The Hall–Kier alpha value is -2.43. The van der Waals surface area contributed by atoms with Gasteiger partial charge in [0.05, 0.1) is 27.2 Å². The lowest BCUT2D eigenvalue weighted by molar-refractivity contribution is 0.0894. The second-order valence-electron chi connectivity index (χ2n) is 9.54. The molecule has 0 aliphatic rings. The number of ketones is 2. The molecule has 8 heteroatoms. The summed E-state index contributed by atoms with van der Waals surface area (Å²) in [5.74, 6) is 1.22. The van der Waals surface area contributed by atoms with Crippen LogP contribution in [0.4, 0.5) is 0 Å². The highest BCUT2D eigenvalue weighted by Crippen LogP contribution is 2.29. The van der Waals surface area contributed by atoms with Gasteiger partial charge in [-0.25, -0.2) is 0 Å². The molecule has 0 unspecified atom stereocenters. The van der Waals surface area contributed by atoms with Gasteiger partial charge in [-0.05, 0) is 87.7 Å². The molecule has 0 fully saturated rings. The van der Waals surface area contributed by atoms with Crippen molar-refractivity contribution in [2.45, 2.75) is 51.6 Å². The van der Waals surface area contributed by atoms with Gasteiger partial charge in [-0.1, -0.05) is 0 Å². The smallest absolute Gasteiger partial charge is 0.173 e. The third-order valence-electron chi connectivity index (χ3n) is 4.98. The number of hydrogen-bond acceptors (Lipinski definition) is 6. The molecule has 0 radical (unpaired) electrons. The van der Waals surface area contributed by atoms with Crippen LogP contribution in [0, 0.1) is 0 Å². The first-order valence-electron chi connectivity index (χ1n) is 11.2. The quantitative estimate of drug-likeness (QED) is 0.149. The maximum atomic E-state index is 12.7. The molecule has 0 heterocycles. The topological polar surface area (TPSA) is 71.1 Å². The largest absolute Gasteiger partial charge is 0.497 e. The van der Waals surface area contributed by atoms with E-state index in [2.05, 4.69) is 32.7 Å². The fourth-order valence-corrected chi connectivity index (χ4v) is 11.7. The summed E-state index contributed by atoms with van der Waals surface area (Å²) in [6, 6.07) is 12.8. The van der Waals surface area contributed by atoms with Gasteiger partial charge in [-0.2, -0.15) is 0 Å². The van der Waals surface area contributed by atoms with Crippen LogP contribution in [0.25, 0.3) is 0 Å². The number of rotatable bonds is 13. The van der Waals surface area contributed by atoms with E-state index in [4.69, 9.17) is 18.3 Å². The lowest BCUT2D eigenvalue weighted by Crippen LogP contribution is -2.42. The summed E-state index contributed by atoms with van der Waals surface area (Å²) in [7, 11) is -0.152. The van der Waals surface area contributed by atoms with E-state index in [9.17, 15) is 9.59 Å². The molecule has 0 N–H and O–H groups in total. The number of carbonyl (C=O) groups is 2. The highest BCUT2D eigenvalue weighted by atomic mass is 28.4. The van der Waals surface area contributed by atoms with Gasteiger partial charge in [0.2, 0.25) is 0 Å². The summed E-state index contributed by atoms with van der Waals surface area (Å²) < 4.78 is 22.8. The molecule has 33 heavy (non-hydrogen) atoms. The molecule has 0 aromatic heterocycles. The zero-order valence-electron chi connectivity index (χ0n) is 20.8. The van der Waals surface area contributed by atoms with Crippen LogP contribution in [-0.4, -0.2) is 49.0 Å². The fraction of sp³-hybridized carbons (Fsp3) is 0.440. The zero-order chi connectivity index (χ0) is 24.6. The van der Waals surface area contributed by atoms with E-state index in [1.165, 1.54) is 7.11 Å². The zero-order valence-corrected chi connectivity index (χ0v) is 22.8. The molecule has 0 spiro atoms. The van der Waals surface area contributed by atoms with E-state index in [0.717, 1.165) is 12.5 Å². The molecule has 0 saturated carbocycles. The van der Waals surface area contributed by atoms with Gasteiger partial charge < -0.3 is 18.3 Å². The summed E-state index contributed by atoms with van der Waals surface area (Å²) in [4.78, 5) is 25.1. The Kier molecular flexibility index (Phi) is 9.45. The second-order valence-corrected chi connectivity index (χ2v) is 18.6. The minimum absolute atomic E-state index is 0.216. The van der Waals surface area contributed by atoms with Crippen molar-refractivity contribution in [3.63, 3.8) is 0 Å². The molecule has 2 rings (SSSR count). The van der Waals surface area contributed by atoms with Crippen molar-refractivity contribution in [2.24, 2.45) is 0 Å². The van der Waals surface area contributed by atoms with Gasteiger partial charge in [0.1, 0.15) is 5.75 Å². The minimum atomic E-state index is -1.70. The van der Waals surface area contributed by atoms with Crippen molar-refractivity contribution in [3.8, 4) is 17.2 Å². The summed E-state index contributed by atoms with van der Waals surface area (Å²) >= 11 is 0. The SMILES string of the molecule is COc1ccc(C(=O)CC(=O)c2ccc(OCCC[Si](C)(C)O[Si](C)(C)C)c(OC)c2)cc1. The number of benzene rings is 2. The maximum Gasteiger partial charge on any atom is 0.173 e. The minimum Gasteiger partial charge on any atom is -0.497 e. The lowest BCUT2D eigenvalue weighted by Gasteiger charge is -2.31. The van der Waals surface area contributed by atoms with Crippen LogP contribution in [0.5, 0.6) is 17.2 Å². The molecule has 0 bridgehead atoms. The lowest BCUT2D eigenvalue weighted by atomic mass is 10.0. The standard InChI is InChI=1S/C25H36O6Si2/c1-28-21-12-9-19(10-13-21)22(26)18-23(27)20-11-14-24(25(17-20)29-2)30-15-8-16-33(6,7)31-32(3,4)5/h9-14,17H,8,15-16,18H2,1-7H3. The van der Waals surface area contributed by atoms with E-state index in [1.54, 1.807) is 49.6 Å². The Morgan fingerprint density at radius 1 is 0.788 bits per heavy atom. The first-order chi connectivity index (χ1) is 15.4. The van der Waals surface area contributed by atoms with E-state index in [1.807, 2.05) is 0 Å². The predicted octanol–water partition coefficient (Wildman–Crippen LogP) is 5.99. The summed E-state index contributed by atoms with van der Waals surface area (Å²) in [6.07, 6.45) is 0.677. The number of ether oxygens (including phenoxy) is 3. The van der Waals surface area contributed by atoms with E-state index < -0.39 is 16.6 Å². The van der Waals surface area contributed by atoms with Gasteiger partial charge in [-0.3, -0.25) is 9.59 Å². The van der Waals surface area contributed by atoms with Crippen LogP contribution >= 0.6 is 0 Å². The first kappa shape index (κ1) is 26.8. The monoisotopic (exact) mass is 488 g/mol. The van der Waals surface area contributed by atoms with Crippen molar-refractivity contribution in [2.75, 3.05) is 20.8 Å². The van der Waals surface area contributed by atoms with Crippen LogP contribution in [0.2, 0.25) is 38.8 Å². The van der Waals surface area contributed by atoms with E-state index >= 15 is 0 Å². The predicted molar refractivity (Wildman–Crippen MR) is 136 cm³/mol. The Balaban J connectivity index is 1.95. The van der Waals surface area contributed by atoms with Crippen molar-refractivity contribution < 1.29 is 27.9 Å². The van der Waals surface area contributed by atoms with Crippen LogP contribution in [0.15, 0.2) is 42.5 Å².